The fourth-order valence-electron chi connectivity index (χ4n) is 0.943. The molecule has 2 fully saturated rings. The van der Waals surface area contributed by atoms with Crippen molar-refractivity contribution in [1.82, 2.24) is 0 Å². The summed E-state index contributed by atoms with van der Waals surface area (Å²) in [4.78, 5) is 0. The van der Waals surface area contributed by atoms with E-state index in [4.69, 9.17) is 0 Å². The van der Waals surface area contributed by atoms with Crippen LogP contribution in [0.1, 0.15) is 6.42 Å². The van der Waals surface area contributed by atoms with Crippen LogP contribution < -0.4 is 0 Å². The molecule has 1 saturated heterocycles. The zero-order chi connectivity index (χ0) is 3.98. The highest BCUT2D eigenvalue weighted by Gasteiger charge is 2.41. The van der Waals surface area contributed by atoms with Gasteiger partial charge >= 0.3 is 0 Å². The second kappa shape index (κ2) is 0.945. The Hall–Kier alpha value is 0.350. The van der Waals surface area contributed by atoms with Gasteiger partial charge < -0.3 is 0 Å². The lowest BCUT2D eigenvalue weighted by atomic mass is 10.4. The Balaban J connectivity index is 2.09. The van der Waals surface area contributed by atoms with Gasteiger partial charge in [0.15, 0.2) is 0 Å². The van der Waals surface area contributed by atoms with Crippen molar-refractivity contribution in [2.24, 2.45) is 5.92 Å². The molecule has 1 saturated carbocycles. The molecule has 1 atom stereocenters. The third kappa shape index (κ3) is 0.320. The highest BCUT2D eigenvalue weighted by Crippen LogP contribution is 2.51. The van der Waals surface area contributed by atoms with Gasteiger partial charge in [-0.25, -0.2) is 0 Å². The van der Waals surface area contributed by atoms with E-state index in [1.165, 1.54) is 17.9 Å². The molecule has 1 aliphatic carbocycles. The molecule has 6 heavy (non-hydrogen) atoms. The van der Waals surface area contributed by atoms with Crippen LogP contribution in [0, 0.1) is 11.8 Å². The van der Waals surface area contributed by atoms with E-state index in [1.54, 1.807) is 0 Å². The van der Waals surface area contributed by atoms with Gasteiger partial charge in [-0.3, -0.25) is 0 Å². The van der Waals surface area contributed by atoms with Crippen LogP contribution in [0.25, 0.3) is 0 Å². The molecule has 33 valence electrons. The minimum Gasteiger partial charge on any atom is -0.161 e. The minimum atomic E-state index is 1.09. The molecule has 0 spiro atoms. The predicted octanol–water partition coefficient (Wildman–Crippen LogP) is 1.33. The molecule has 0 bridgehead atoms. The number of fused-ring (bicyclic) bond motifs is 1. The van der Waals surface area contributed by atoms with E-state index >= 15 is 0 Å². The summed E-state index contributed by atoms with van der Waals surface area (Å²) in [7, 11) is 0. The second-order valence-corrected chi connectivity index (χ2v) is 3.10. The van der Waals surface area contributed by atoms with Gasteiger partial charge in [0.1, 0.15) is 0 Å². The highest BCUT2D eigenvalue weighted by atomic mass is 32.2. The van der Waals surface area contributed by atoms with Crippen molar-refractivity contribution in [2.75, 3.05) is 11.5 Å². The summed E-state index contributed by atoms with van der Waals surface area (Å²) in [5, 5.41) is 0. The molecule has 1 radical (unpaired) electrons. The molecule has 0 aromatic heterocycles. The van der Waals surface area contributed by atoms with Gasteiger partial charge in [0.05, 0.1) is 0 Å². The number of rotatable bonds is 0. The van der Waals surface area contributed by atoms with Crippen LogP contribution in [0.5, 0.6) is 0 Å². The Morgan fingerprint density at radius 2 is 2.67 bits per heavy atom. The lowest BCUT2D eigenvalue weighted by Gasteiger charge is -1.81. The van der Waals surface area contributed by atoms with Gasteiger partial charge in [-0.1, -0.05) is 0 Å². The first kappa shape index (κ1) is 3.36. The number of hydrogen-bond donors (Lipinski definition) is 0. The third-order valence-electron chi connectivity index (χ3n) is 1.53. The van der Waals surface area contributed by atoms with E-state index in [0.29, 0.717) is 0 Å². The molecule has 1 heteroatoms. The average molecular weight is 99.2 g/mol. The maximum atomic E-state index is 2.09. The van der Waals surface area contributed by atoms with Crippen LogP contribution >= 0.6 is 11.8 Å². The Kier molecular flexibility index (Phi) is 0.530. The van der Waals surface area contributed by atoms with Crippen LogP contribution in [0.15, 0.2) is 0 Å². The smallest absolute Gasteiger partial charge is 0.000190 e. The van der Waals surface area contributed by atoms with Gasteiger partial charge in [0, 0.05) is 0 Å². The first-order chi connectivity index (χ1) is 2.97. The Morgan fingerprint density at radius 3 is 2.83 bits per heavy atom. The molecule has 0 unspecified atom stereocenters. The van der Waals surface area contributed by atoms with Crippen molar-refractivity contribution < 1.29 is 0 Å². The van der Waals surface area contributed by atoms with Crippen molar-refractivity contribution in [3.8, 4) is 0 Å². The summed E-state index contributed by atoms with van der Waals surface area (Å²) in [6.07, 6.45) is 1.48. The van der Waals surface area contributed by atoms with E-state index in [-0.39, 0.29) is 0 Å². The zero-order valence-corrected chi connectivity index (χ0v) is 4.42. The largest absolute Gasteiger partial charge is 0.161 e. The fraction of sp³-hybridized carbons (Fsp3) is 0.800. The standard InChI is InChI=1S/C5H7S/c1-4-2-6-3-5(1)4/h4H,1-3H2/t4-/m1/s1. The maximum absolute atomic E-state index is 2.09. The van der Waals surface area contributed by atoms with E-state index in [9.17, 15) is 0 Å². The highest BCUT2D eigenvalue weighted by molar-refractivity contribution is 7.99. The molecule has 2 aliphatic rings. The van der Waals surface area contributed by atoms with Gasteiger partial charge in [-0.2, -0.15) is 11.8 Å². The molecule has 0 N–H and O–H groups in total. The summed E-state index contributed by atoms with van der Waals surface area (Å²) >= 11 is 2.09. The predicted molar refractivity (Wildman–Crippen MR) is 28.7 cm³/mol. The van der Waals surface area contributed by atoms with Crippen LogP contribution in [0.4, 0.5) is 0 Å². The summed E-state index contributed by atoms with van der Waals surface area (Å²) in [6.45, 7) is 0. The lowest BCUT2D eigenvalue weighted by molar-refractivity contribution is 1.03. The number of hydrogen-bond acceptors (Lipinski definition) is 1. The summed E-state index contributed by atoms with van der Waals surface area (Å²) < 4.78 is 0. The van der Waals surface area contributed by atoms with E-state index in [1.807, 2.05) is 5.92 Å². The first-order valence-electron chi connectivity index (χ1n) is 2.39. The topological polar surface area (TPSA) is 0 Å². The Morgan fingerprint density at radius 1 is 1.67 bits per heavy atom. The molecule has 0 nitrogen and oxygen atoms in total. The minimum absolute atomic E-state index is 1.09. The van der Waals surface area contributed by atoms with E-state index in [2.05, 4.69) is 11.8 Å². The third-order valence-corrected chi connectivity index (χ3v) is 2.75. The molecular weight excluding hydrogens is 92.1 g/mol. The summed E-state index contributed by atoms with van der Waals surface area (Å²) in [6, 6.07) is 0. The van der Waals surface area contributed by atoms with Crippen molar-refractivity contribution in [3.05, 3.63) is 5.92 Å². The summed E-state index contributed by atoms with van der Waals surface area (Å²) in [5.41, 5.74) is 0. The maximum Gasteiger partial charge on any atom is -0.000190 e. The van der Waals surface area contributed by atoms with Crippen molar-refractivity contribution in [1.29, 1.82) is 0 Å². The van der Waals surface area contributed by atoms with Crippen LogP contribution in [-0.4, -0.2) is 11.5 Å². The first-order valence-corrected chi connectivity index (χ1v) is 3.54. The lowest BCUT2D eigenvalue weighted by Crippen LogP contribution is -1.68. The van der Waals surface area contributed by atoms with Gasteiger partial charge in [0.2, 0.25) is 0 Å². The fourth-order valence-corrected chi connectivity index (χ4v) is 2.32. The molecule has 0 aromatic carbocycles. The Labute approximate surface area is 42.3 Å². The quantitative estimate of drug-likeness (QED) is 0.441. The van der Waals surface area contributed by atoms with Crippen LogP contribution in [0.3, 0.4) is 0 Å². The van der Waals surface area contributed by atoms with Crippen molar-refractivity contribution in [3.63, 3.8) is 0 Å². The van der Waals surface area contributed by atoms with E-state index < -0.39 is 0 Å². The van der Waals surface area contributed by atoms with Crippen molar-refractivity contribution in [2.45, 2.75) is 6.42 Å². The zero-order valence-electron chi connectivity index (χ0n) is 3.61. The normalized spacial score (nSPS) is 43.0. The number of thioether (sulfide) groups is 1. The van der Waals surface area contributed by atoms with E-state index in [0.717, 1.165) is 5.92 Å². The van der Waals surface area contributed by atoms with Gasteiger partial charge in [-0.05, 0) is 29.8 Å². The van der Waals surface area contributed by atoms with Crippen LogP contribution in [-0.2, 0) is 0 Å². The summed E-state index contributed by atoms with van der Waals surface area (Å²) in [5.74, 6) is 5.76. The molecule has 0 aromatic rings. The van der Waals surface area contributed by atoms with Gasteiger partial charge in [-0.15, -0.1) is 0 Å². The molecule has 2 rings (SSSR count). The monoisotopic (exact) mass is 99.0 g/mol. The molecule has 1 heterocycles. The second-order valence-electron chi connectivity index (χ2n) is 2.07. The molecular formula is C5H7S. The molecule has 0 amide bonds. The Bertz CT molecular complexity index is 62.3. The average Bonchev–Trinajstić information content (AvgIpc) is 2.17. The molecule has 1 aliphatic heterocycles. The van der Waals surface area contributed by atoms with Gasteiger partial charge in [0.25, 0.3) is 0 Å². The van der Waals surface area contributed by atoms with Crippen molar-refractivity contribution >= 4 is 11.8 Å². The van der Waals surface area contributed by atoms with Crippen LogP contribution in [0.2, 0.25) is 0 Å². The SMILES string of the molecule is C1SC[C@H]2C[C]12.